The van der Waals surface area contributed by atoms with Crippen LogP contribution in [0.5, 0.6) is 0 Å². The second kappa shape index (κ2) is 7.85. The molecule has 3 aliphatic rings. The molecule has 3 amide bonds. The van der Waals surface area contributed by atoms with Crippen molar-refractivity contribution in [3.8, 4) is 0 Å². The lowest BCUT2D eigenvalue weighted by Crippen LogP contribution is -2.58. The third kappa shape index (κ3) is 3.50. The molecule has 1 spiro atoms. The second-order valence-electron chi connectivity index (χ2n) is 8.80. The van der Waals surface area contributed by atoms with E-state index in [-0.39, 0.29) is 18.0 Å². The maximum atomic E-state index is 13.3. The van der Waals surface area contributed by atoms with E-state index in [4.69, 9.17) is 4.74 Å². The second-order valence-corrected chi connectivity index (χ2v) is 8.80. The highest BCUT2D eigenvalue weighted by Crippen LogP contribution is 2.39. The van der Waals surface area contributed by atoms with Crippen molar-refractivity contribution in [1.29, 1.82) is 0 Å². The Morgan fingerprint density at radius 3 is 2.23 bits per heavy atom. The summed E-state index contributed by atoms with van der Waals surface area (Å²) in [5.74, 6) is 0.554. The zero-order chi connectivity index (χ0) is 18.9. The standard InChI is InChI=1S/C20H35N3O3/c1-15(2)5-10-22-19(25)23(16(3)4)18(24)20(22)8-11-21(12-9-20)17-6-13-26-14-7-17/h15-17H,5-14H2,1-4H3. The van der Waals surface area contributed by atoms with Crippen LogP contribution in [0.1, 0.15) is 59.8 Å². The molecular weight excluding hydrogens is 330 g/mol. The molecule has 0 aromatic carbocycles. The van der Waals surface area contributed by atoms with Crippen LogP contribution in [0.3, 0.4) is 0 Å². The molecule has 0 radical (unpaired) electrons. The number of urea groups is 1. The lowest BCUT2D eigenvalue weighted by Gasteiger charge is -2.45. The van der Waals surface area contributed by atoms with Gasteiger partial charge in [-0.1, -0.05) is 13.8 Å². The molecule has 3 aliphatic heterocycles. The Kier molecular flexibility index (Phi) is 5.92. The van der Waals surface area contributed by atoms with E-state index in [0.29, 0.717) is 18.5 Å². The number of amides is 3. The van der Waals surface area contributed by atoms with Crippen molar-refractivity contribution in [1.82, 2.24) is 14.7 Å². The van der Waals surface area contributed by atoms with Crippen LogP contribution in [-0.4, -0.2) is 77.1 Å². The fourth-order valence-electron chi connectivity index (χ4n) is 4.69. The first kappa shape index (κ1) is 19.6. The van der Waals surface area contributed by atoms with Crippen molar-refractivity contribution >= 4 is 11.9 Å². The minimum absolute atomic E-state index is 0.0351. The molecule has 0 unspecified atom stereocenters. The average Bonchev–Trinajstić information content (AvgIpc) is 2.81. The Morgan fingerprint density at radius 1 is 1.08 bits per heavy atom. The first-order chi connectivity index (χ1) is 12.4. The fraction of sp³-hybridized carbons (Fsp3) is 0.900. The third-order valence-corrected chi connectivity index (χ3v) is 6.35. The summed E-state index contributed by atoms with van der Waals surface area (Å²) in [5.41, 5.74) is -0.613. The number of carbonyl (C=O) groups is 2. The topological polar surface area (TPSA) is 53.1 Å². The van der Waals surface area contributed by atoms with E-state index in [1.165, 1.54) is 4.90 Å². The highest BCUT2D eigenvalue weighted by molar-refractivity contribution is 6.07. The summed E-state index contributed by atoms with van der Waals surface area (Å²) in [7, 11) is 0. The van der Waals surface area contributed by atoms with Crippen LogP contribution in [0.4, 0.5) is 4.79 Å². The number of likely N-dealkylation sites (tertiary alicyclic amines) is 1. The largest absolute Gasteiger partial charge is 0.381 e. The Morgan fingerprint density at radius 2 is 1.69 bits per heavy atom. The first-order valence-electron chi connectivity index (χ1n) is 10.3. The van der Waals surface area contributed by atoms with Gasteiger partial charge in [0, 0.05) is 44.9 Å². The van der Waals surface area contributed by atoms with Crippen LogP contribution < -0.4 is 0 Å². The van der Waals surface area contributed by atoms with E-state index in [9.17, 15) is 9.59 Å². The normalized spacial score (nSPS) is 25.3. The number of hydrogen-bond acceptors (Lipinski definition) is 4. The molecule has 3 rings (SSSR count). The molecule has 0 N–H and O–H groups in total. The summed E-state index contributed by atoms with van der Waals surface area (Å²) >= 11 is 0. The summed E-state index contributed by atoms with van der Waals surface area (Å²) < 4.78 is 5.49. The van der Waals surface area contributed by atoms with Gasteiger partial charge in [-0.15, -0.1) is 0 Å². The average molecular weight is 366 g/mol. The van der Waals surface area contributed by atoms with Gasteiger partial charge < -0.3 is 14.5 Å². The summed E-state index contributed by atoms with van der Waals surface area (Å²) in [6, 6.07) is 0.410. The molecule has 3 heterocycles. The molecule has 0 saturated carbocycles. The monoisotopic (exact) mass is 365 g/mol. The Bertz CT molecular complexity index is 520. The minimum Gasteiger partial charge on any atom is -0.381 e. The van der Waals surface area contributed by atoms with Crippen molar-refractivity contribution in [2.45, 2.75) is 77.4 Å². The lowest BCUT2D eigenvalue weighted by atomic mass is 9.84. The zero-order valence-corrected chi connectivity index (χ0v) is 16.9. The molecule has 148 valence electrons. The van der Waals surface area contributed by atoms with Crippen molar-refractivity contribution in [2.75, 3.05) is 32.8 Å². The van der Waals surface area contributed by atoms with Gasteiger partial charge in [-0.3, -0.25) is 9.69 Å². The molecule has 0 bridgehead atoms. The number of imide groups is 1. The molecular formula is C20H35N3O3. The van der Waals surface area contributed by atoms with Crippen LogP contribution in [0.25, 0.3) is 0 Å². The minimum atomic E-state index is -0.613. The van der Waals surface area contributed by atoms with Crippen molar-refractivity contribution in [3.63, 3.8) is 0 Å². The number of ether oxygens (including phenoxy) is 1. The van der Waals surface area contributed by atoms with Gasteiger partial charge >= 0.3 is 6.03 Å². The molecule has 0 atom stereocenters. The highest BCUT2D eigenvalue weighted by Gasteiger charge is 2.58. The predicted octanol–water partition coefficient (Wildman–Crippen LogP) is 2.72. The molecule has 6 heteroatoms. The van der Waals surface area contributed by atoms with Crippen molar-refractivity contribution < 1.29 is 14.3 Å². The van der Waals surface area contributed by atoms with Gasteiger partial charge in [0.15, 0.2) is 0 Å². The summed E-state index contributed by atoms with van der Waals surface area (Å²) in [5, 5.41) is 0. The Hall–Kier alpha value is -1.14. The van der Waals surface area contributed by atoms with Gasteiger partial charge in [-0.2, -0.15) is 0 Å². The molecule has 26 heavy (non-hydrogen) atoms. The smallest absolute Gasteiger partial charge is 0.327 e. The maximum absolute atomic E-state index is 13.3. The molecule has 0 aliphatic carbocycles. The third-order valence-electron chi connectivity index (χ3n) is 6.35. The summed E-state index contributed by atoms with van der Waals surface area (Å²) in [6.45, 7) is 12.4. The van der Waals surface area contributed by atoms with Gasteiger partial charge in [0.1, 0.15) is 5.54 Å². The SMILES string of the molecule is CC(C)CCN1C(=O)N(C(C)C)C(=O)C12CCN(C1CCOCC1)CC2. The number of rotatable bonds is 5. The van der Waals surface area contributed by atoms with Crippen molar-refractivity contribution in [3.05, 3.63) is 0 Å². The lowest BCUT2D eigenvalue weighted by molar-refractivity contribution is -0.137. The Balaban J connectivity index is 1.76. The summed E-state index contributed by atoms with van der Waals surface area (Å²) in [4.78, 5) is 32.3. The number of hydrogen-bond donors (Lipinski definition) is 0. The van der Waals surface area contributed by atoms with Crippen LogP contribution in [0.15, 0.2) is 0 Å². The van der Waals surface area contributed by atoms with E-state index in [0.717, 1.165) is 58.4 Å². The van der Waals surface area contributed by atoms with E-state index in [1.807, 2.05) is 18.7 Å². The molecule has 0 aromatic heterocycles. The van der Waals surface area contributed by atoms with Crippen LogP contribution >= 0.6 is 0 Å². The number of piperidine rings is 1. The molecule has 3 saturated heterocycles. The van der Waals surface area contributed by atoms with Gasteiger partial charge in [0.2, 0.25) is 0 Å². The Labute approximate surface area is 157 Å². The van der Waals surface area contributed by atoms with Gasteiger partial charge in [0.05, 0.1) is 0 Å². The van der Waals surface area contributed by atoms with E-state index in [2.05, 4.69) is 18.7 Å². The number of nitrogens with zero attached hydrogens (tertiary/aromatic N) is 3. The van der Waals surface area contributed by atoms with Crippen LogP contribution in [-0.2, 0) is 9.53 Å². The fourth-order valence-corrected chi connectivity index (χ4v) is 4.69. The maximum Gasteiger partial charge on any atom is 0.327 e. The van der Waals surface area contributed by atoms with E-state index in [1.54, 1.807) is 0 Å². The summed E-state index contributed by atoms with van der Waals surface area (Å²) in [6.07, 6.45) is 4.62. The molecule has 3 fully saturated rings. The van der Waals surface area contributed by atoms with Gasteiger partial charge in [-0.05, 0) is 51.9 Å². The van der Waals surface area contributed by atoms with Crippen molar-refractivity contribution in [2.24, 2.45) is 5.92 Å². The number of carbonyl (C=O) groups excluding carboxylic acids is 2. The zero-order valence-electron chi connectivity index (χ0n) is 16.9. The van der Waals surface area contributed by atoms with Gasteiger partial charge in [-0.25, -0.2) is 4.79 Å². The molecule has 0 aromatic rings. The van der Waals surface area contributed by atoms with Crippen LogP contribution in [0, 0.1) is 5.92 Å². The van der Waals surface area contributed by atoms with Crippen LogP contribution in [0.2, 0.25) is 0 Å². The van der Waals surface area contributed by atoms with E-state index < -0.39 is 5.54 Å². The quantitative estimate of drug-likeness (QED) is 0.703. The first-order valence-corrected chi connectivity index (χ1v) is 10.3. The van der Waals surface area contributed by atoms with Gasteiger partial charge in [0.25, 0.3) is 5.91 Å². The molecule has 6 nitrogen and oxygen atoms in total. The highest BCUT2D eigenvalue weighted by atomic mass is 16.5. The predicted molar refractivity (Wildman–Crippen MR) is 101 cm³/mol. The van der Waals surface area contributed by atoms with E-state index >= 15 is 0 Å².